The van der Waals surface area contributed by atoms with Crippen LogP contribution in [-0.2, 0) is 11.4 Å². The van der Waals surface area contributed by atoms with Gasteiger partial charge in [-0.1, -0.05) is 48.0 Å². The number of hydrogen-bond donors (Lipinski definition) is 0. The lowest BCUT2D eigenvalue weighted by Crippen LogP contribution is -2.27. The highest BCUT2D eigenvalue weighted by molar-refractivity contribution is 5.35. The van der Waals surface area contributed by atoms with Gasteiger partial charge in [-0.3, -0.25) is 0 Å². The maximum atomic E-state index is 6.19. The van der Waals surface area contributed by atoms with Gasteiger partial charge in [0.1, 0.15) is 11.9 Å². The van der Waals surface area contributed by atoms with Crippen molar-refractivity contribution in [3.8, 4) is 5.75 Å². The van der Waals surface area contributed by atoms with Crippen LogP contribution in [-0.4, -0.2) is 18.7 Å². The minimum atomic E-state index is -0.0146. The van der Waals surface area contributed by atoms with Crippen LogP contribution in [0.3, 0.4) is 0 Å². The van der Waals surface area contributed by atoms with Gasteiger partial charge in [-0.05, 0) is 18.6 Å². The SMILES string of the molecule is CON1Cc2ccccc2OC(c2ccc(C)cc2)C1. The normalized spacial score (nSPS) is 19.0. The Bertz CT molecular complexity index is 580. The van der Waals surface area contributed by atoms with Gasteiger partial charge in [-0.15, -0.1) is 0 Å². The fourth-order valence-electron chi connectivity index (χ4n) is 2.47. The van der Waals surface area contributed by atoms with E-state index in [1.165, 1.54) is 11.1 Å². The number of aryl methyl sites for hydroxylation is 1. The van der Waals surface area contributed by atoms with E-state index in [0.29, 0.717) is 6.54 Å². The van der Waals surface area contributed by atoms with Gasteiger partial charge in [0.25, 0.3) is 0 Å². The van der Waals surface area contributed by atoms with Crippen LogP contribution in [0, 0.1) is 6.92 Å². The molecule has 0 saturated carbocycles. The lowest BCUT2D eigenvalue weighted by atomic mass is 10.1. The fraction of sp³-hybridized carbons (Fsp3) is 0.294. The van der Waals surface area contributed by atoms with Gasteiger partial charge in [0.05, 0.1) is 20.2 Å². The van der Waals surface area contributed by atoms with Gasteiger partial charge >= 0.3 is 0 Å². The predicted molar refractivity (Wildman–Crippen MR) is 78.4 cm³/mol. The molecular formula is C17H19NO2. The summed E-state index contributed by atoms with van der Waals surface area (Å²) in [5, 5.41) is 1.94. The van der Waals surface area contributed by atoms with Crippen molar-refractivity contribution in [3.63, 3.8) is 0 Å². The van der Waals surface area contributed by atoms with E-state index in [-0.39, 0.29) is 6.10 Å². The summed E-state index contributed by atoms with van der Waals surface area (Å²) in [5.74, 6) is 0.942. The van der Waals surface area contributed by atoms with E-state index in [4.69, 9.17) is 9.57 Å². The Balaban J connectivity index is 1.93. The van der Waals surface area contributed by atoms with E-state index in [1.807, 2.05) is 23.3 Å². The van der Waals surface area contributed by atoms with Crippen molar-refractivity contribution >= 4 is 0 Å². The number of hydroxylamine groups is 2. The maximum absolute atomic E-state index is 6.19. The molecule has 0 fully saturated rings. The Labute approximate surface area is 119 Å². The van der Waals surface area contributed by atoms with Crippen LogP contribution in [0.4, 0.5) is 0 Å². The van der Waals surface area contributed by atoms with Crippen LogP contribution in [0.2, 0.25) is 0 Å². The molecule has 1 unspecified atom stereocenters. The summed E-state index contributed by atoms with van der Waals surface area (Å²) >= 11 is 0. The van der Waals surface area contributed by atoms with E-state index >= 15 is 0 Å². The summed E-state index contributed by atoms with van der Waals surface area (Å²) in [5.41, 5.74) is 3.59. The van der Waals surface area contributed by atoms with E-state index < -0.39 is 0 Å². The molecule has 0 N–H and O–H groups in total. The molecule has 3 heteroatoms. The molecule has 0 aliphatic carbocycles. The van der Waals surface area contributed by atoms with Gasteiger partial charge in [0, 0.05) is 5.56 Å². The monoisotopic (exact) mass is 269 g/mol. The van der Waals surface area contributed by atoms with Crippen LogP contribution in [0.25, 0.3) is 0 Å². The van der Waals surface area contributed by atoms with Crippen molar-refractivity contribution in [2.24, 2.45) is 0 Å². The molecule has 2 aromatic rings. The van der Waals surface area contributed by atoms with Crippen LogP contribution in [0.5, 0.6) is 5.75 Å². The standard InChI is InChI=1S/C17H19NO2/c1-13-7-9-14(10-8-13)17-12-18(19-2)11-15-5-3-4-6-16(15)20-17/h3-10,17H,11-12H2,1-2H3. The third-order valence-corrected chi connectivity index (χ3v) is 3.67. The number of hydrogen-bond acceptors (Lipinski definition) is 3. The van der Waals surface area contributed by atoms with Crippen molar-refractivity contribution in [1.29, 1.82) is 0 Å². The molecule has 1 aliphatic rings. The van der Waals surface area contributed by atoms with Gasteiger partial charge in [0.2, 0.25) is 0 Å². The highest BCUT2D eigenvalue weighted by Gasteiger charge is 2.24. The first-order chi connectivity index (χ1) is 9.76. The fourth-order valence-corrected chi connectivity index (χ4v) is 2.47. The largest absolute Gasteiger partial charge is 0.484 e. The number of nitrogens with zero attached hydrogens (tertiary/aromatic N) is 1. The molecule has 0 spiro atoms. The van der Waals surface area contributed by atoms with Crippen LogP contribution >= 0.6 is 0 Å². The average Bonchev–Trinajstić information content (AvgIpc) is 2.67. The van der Waals surface area contributed by atoms with E-state index in [9.17, 15) is 0 Å². The van der Waals surface area contributed by atoms with Crippen molar-refractivity contribution < 1.29 is 9.57 Å². The number of fused-ring (bicyclic) bond motifs is 1. The third-order valence-electron chi connectivity index (χ3n) is 3.67. The molecule has 0 bridgehead atoms. The molecular weight excluding hydrogens is 250 g/mol. The summed E-state index contributed by atoms with van der Waals surface area (Å²) in [7, 11) is 1.71. The van der Waals surface area contributed by atoms with E-state index in [0.717, 1.165) is 17.9 Å². The first-order valence-corrected chi connectivity index (χ1v) is 6.86. The Morgan fingerprint density at radius 1 is 1.10 bits per heavy atom. The highest BCUT2D eigenvalue weighted by Crippen LogP contribution is 2.31. The Kier molecular flexibility index (Phi) is 3.72. The molecule has 0 amide bonds. The second-order valence-electron chi connectivity index (χ2n) is 5.13. The van der Waals surface area contributed by atoms with Crippen molar-refractivity contribution in [2.75, 3.05) is 13.7 Å². The van der Waals surface area contributed by atoms with Crippen molar-refractivity contribution in [1.82, 2.24) is 5.06 Å². The number of para-hydroxylation sites is 1. The quantitative estimate of drug-likeness (QED) is 0.833. The molecule has 20 heavy (non-hydrogen) atoms. The maximum Gasteiger partial charge on any atom is 0.139 e. The smallest absolute Gasteiger partial charge is 0.139 e. The zero-order valence-electron chi connectivity index (χ0n) is 11.9. The molecule has 104 valence electrons. The summed E-state index contributed by atoms with van der Waals surface area (Å²) in [6.07, 6.45) is -0.0146. The summed E-state index contributed by atoms with van der Waals surface area (Å²) in [4.78, 5) is 5.46. The molecule has 1 atom stereocenters. The predicted octanol–water partition coefficient (Wildman–Crippen LogP) is 3.49. The van der Waals surface area contributed by atoms with Crippen molar-refractivity contribution in [3.05, 3.63) is 65.2 Å². The minimum Gasteiger partial charge on any atom is -0.484 e. The van der Waals surface area contributed by atoms with Crippen LogP contribution < -0.4 is 4.74 Å². The first kappa shape index (κ1) is 13.2. The molecule has 2 aromatic carbocycles. The Morgan fingerprint density at radius 2 is 1.85 bits per heavy atom. The topological polar surface area (TPSA) is 21.7 Å². The first-order valence-electron chi connectivity index (χ1n) is 6.86. The summed E-state index contributed by atoms with van der Waals surface area (Å²) in [6, 6.07) is 16.6. The lowest BCUT2D eigenvalue weighted by molar-refractivity contribution is -0.148. The second-order valence-corrected chi connectivity index (χ2v) is 5.13. The van der Waals surface area contributed by atoms with Gasteiger partial charge in [0.15, 0.2) is 0 Å². The molecule has 1 heterocycles. The Hall–Kier alpha value is -1.84. The minimum absolute atomic E-state index is 0.0146. The average molecular weight is 269 g/mol. The number of rotatable bonds is 2. The zero-order valence-corrected chi connectivity index (χ0v) is 11.9. The van der Waals surface area contributed by atoms with Gasteiger partial charge in [-0.2, -0.15) is 5.06 Å². The molecule has 0 saturated heterocycles. The molecule has 1 aliphatic heterocycles. The van der Waals surface area contributed by atoms with E-state index in [2.05, 4.69) is 37.3 Å². The Morgan fingerprint density at radius 3 is 2.60 bits per heavy atom. The van der Waals surface area contributed by atoms with Crippen LogP contribution in [0.1, 0.15) is 22.8 Å². The van der Waals surface area contributed by atoms with Gasteiger partial charge in [-0.25, -0.2) is 0 Å². The van der Waals surface area contributed by atoms with Crippen molar-refractivity contribution in [2.45, 2.75) is 19.6 Å². The molecule has 3 rings (SSSR count). The van der Waals surface area contributed by atoms with E-state index in [1.54, 1.807) is 7.11 Å². The van der Waals surface area contributed by atoms with Crippen LogP contribution in [0.15, 0.2) is 48.5 Å². The summed E-state index contributed by atoms with van der Waals surface area (Å²) in [6.45, 7) is 3.55. The molecule has 0 aromatic heterocycles. The summed E-state index contributed by atoms with van der Waals surface area (Å²) < 4.78 is 6.19. The third kappa shape index (κ3) is 2.69. The number of benzene rings is 2. The highest BCUT2D eigenvalue weighted by atomic mass is 16.7. The number of ether oxygens (including phenoxy) is 1. The molecule has 0 radical (unpaired) electrons. The molecule has 3 nitrogen and oxygen atoms in total. The second kappa shape index (κ2) is 5.65. The lowest BCUT2D eigenvalue weighted by Gasteiger charge is -2.22. The van der Waals surface area contributed by atoms with Gasteiger partial charge < -0.3 is 9.57 Å². The zero-order chi connectivity index (χ0) is 13.9.